The van der Waals surface area contributed by atoms with E-state index in [4.69, 9.17) is 4.74 Å². The van der Waals surface area contributed by atoms with E-state index in [-0.39, 0.29) is 22.8 Å². The summed E-state index contributed by atoms with van der Waals surface area (Å²) in [6.07, 6.45) is 1.18. The summed E-state index contributed by atoms with van der Waals surface area (Å²) in [4.78, 5) is 10.6. The predicted molar refractivity (Wildman–Crippen MR) is 80.0 cm³/mol. The van der Waals surface area contributed by atoms with E-state index in [1.807, 2.05) is 26.8 Å². The van der Waals surface area contributed by atoms with Crippen molar-refractivity contribution in [2.45, 2.75) is 46.3 Å². The molecule has 0 amide bonds. The highest BCUT2D eigenvalue weighted by Crippen LogP contribution is 2.23. The second-order valence-corrected chi connectivity index (χ2v) is 5.25. The molecular weight excluding hydrogens is 256 g/mol. The summed E-state index contributed by atoms with van der Waals surface area (Å²) in [6.45, 7) is 9.35. The van der Waals surface area contributed by atoms with Gasteiger partial charge >= 0.3 is 0 Å². The summed E-state index contributed by atoms with van der Waals surface area (Å²) in [5, 5.41) is 14.3. The Morgan fingerprint density at radius 3 is 2.65 bits per heavy atom. The van der Waals surface area contributed by atoms with Gasteiger partial charge in [0, 0.05) is 24.3 Å². The lowest BCUT2D eigenvalue weighted by molar-refractivity contribution is -0.385. The molecule has 0 aliphatic heterocycles. The van der Waals surface area contributed by atoms with Crippen molar-refractivity contribution in [2.24, 2.45) is 0 Å². The molecule has 0 heterocycles. The minimum Gasteiger partial charge on any atom is -0.379 e. The Labute approximate surface area is 120 Å². The summed E-state index contributed by atoms with van der Waals surface area (Å²) in [6, 6.07) is 5.48. The van der Waals surface area contributed by atoms with Crippen molar-refractivity contribution in [3.63, 3.8) is 0 Å². The predicted octanol–water partition coefficient (Wildman–Crippen LogP) is 3.37. The van der Waals surface area contributed by atoms with E-state index in [2.05, 4.69) is 5.32 Å². The van der Waals surface area contributed by atoms with Crippen LogP contribution in [0.25, 0.3) is 0 Å². The molecule has 5 nitrogen and oxygen atoms in total. The van der Waals surface area contributed by atoms with Crippen molar-refractivity contribution in [1.29, 1.82) is 0 Å². The van der Waals surface area contributed by atoms with E-state index >= 15 is 0 Å². The van der Waals surface area contributed by atoms with Gasteiger partial charge in [0.1, 0.15) is 0 Å². The minimum atomic E-state index is -0.331. The van der Waals surface area contributed by atoms with Gasteiger partial charge in [0.05, 0.1) is 11.0 Å². The Morgan fingerprint density at radius 1 is 1.35 bits per heavy atom. The third-order valence-electron chi connectivity index (χ3n) is 3.15. The molecule has 1 unspecified atom stereocenters. The average Bonchev–Trinajstić information content (AvgIpc) is 2.37. The van der Waals surface area contributed by atoms with Gasteiger partial charge in [-0.05, 0) is 46.2 Å². The molecule has 0 bridgehead atoms. The second kappa shape index (κ2) is 7.97. The lowest BCUT2D eigenvalue weighted by Crippen LogP contribution is -2.21. The van der Waals surface area contributed by atoms with Gasteiger partial charge in [0.2, 0.25) is 0 Å². The summed E-state index contributed by atoms with van der Waals surface area (Å²) in [7, 11) is 0. The fraction of sp³-hybridized carbons (Fsp3) is 0.600. The monoisotopic (exact) mass is 280 g/mol. The number of rotatable bonds is 8. The fourth-order valence-corrected chi connectivity index (χ4v) is 1.92. The van der Waals surface area contributed by atoms with Crippen LogP contribution in [0.1, 0.15) is 44.4 Å². The van der Waals surface area contributed by atoms with E-state index in [1.54, 1.807) is 19.1 Å². The average molecular weight is 280 g/mol. The minimum absolute atomic E-state index is 0.0911. The van der Waals surface area contributed by atoms with Crippen LogP contribution in [0.5, 0.6) is 0 Å². The highest BCUT2D eigenvalue weighted by molar-refractivity contribution is 5.43. The van der Waals surface area contributed by atoms with Gasteiger partial charge in [-0.2, -0.15) is 0 Å². The molecule has 0 aliphatic rings. The van der Waals surface area contributed by atoms with Gasteiger partial charge < -0.3 is 10.1 Å². The summed E-state index contributed by atoms with van der Waals surface area (Å²) in [5.74, 6) is 0. The maximum absolute atomic E-state index is 10.9. The SMILES string of the molecule is Cc1ccc(C(C)NCCCOC(C)C)cc1[N+](=O)[O-]. The second-order valence-electron chi connectivity index (χ2n) is 5.25. The zero-order valence-corrected chi connectivity index (χ0v) is 12.7. The first-order valence-corrected chi connectivity index (χ1v) is 7.01. The molecule has 112 valence electrons. The van der Waals surface area contributed by atoms with Crippen LogP contribution < -0.4 is 5.32 Å². The molecule has 0 spiro atoms. The van der Waals surface area contributed by atoms with Crippen LogP contribution in [0.3, 0.4) is 0 Å². The molecule has 0 fully saturated rings. The van der Waals surface area contributed by atoms with Gasteiger partial charge in [0.25, 0.3) is 5.69 Å². The number of aryl methyl sites for hydroxylation is 1. The topological polar surface area (TPSA) is 64.4 Å². The van der Waals surface area contributed by atoms with Gasteiger partial charge in [-0.1, -0.05) is 12.1 Å². The van der Waals surface area contributed by atoms with Crippen molar-refractivity contribution in [1.82, 2.24) is 5.32 Å². The van der Waals surface area contributed by atoms with Crippen molar-refractivity contribution < 1.29 is 9.66 Å². The van der Waals surface area contributed by atoms with Crippen LogP contribution >= 0.6 is 0 Å². The maximum atomic E-state index is 10.9. The molecule has 0 saturated carbocycles. The molecule has 0 radical (unpaired) electrons. The normalized spacial score (nSPS) is 12.7. The Kier molecular flexibility index (Phi) is 6.61. The van der Waals surface area contributed by atoms with E-state index in [0.29, 0.717) is 5.56 Å². The van der Waals surface area contributed by atoms with Crippen molar-refractivity contribution in [2.75, 3.05) is 13.2 Å². The first-order chi connectivity index (χ1) is 9.41. The quantitative estimate of drug-likeness (QED) is 0.450. The lowest BCUT2D eigenvalue weighted by atomic mass is 10.0. The molecule has 0 saturated heterocycles. The molecular formula is C15H24N2O3. The number of hydrogen-bond acceptors (Lipinski definition) is 4. The molecule has 1 N–H and O–H groups in total. The van der Waals surface area contributed by atoms with Crippen LogP contribution in [0.4, 0.5) is 5.69 Å². The van der Waals surface area contributed by atoms with Gasteiger partial charge in [-0.15, -0.1) is 0 Å². The summed E-state index contributed by atoms with van der Waals surface area (Å²) < 4.78 is 5.47. The summed E-state index contributed by atoms with van der Waals surface area (Å²) >= 11 is 0. The number of nitrogens with zero attached hydrogens (tertiary/aromatic N) is 1. The van der Waals surface area contributed by atoms with Crippen LogP contribution in [0.2, 0.25) is 0 Å². The van der Waals surface area contributed by atoms with Crippen LogP contribution in [0, 0.1) is 17.0 Å². The van der Waals surface area contributed by atoms with Crippen molar-refractivity contribution in [3.8, 4) is 0 Å². The number of nitro groups is 1. The first-order valence-electron chi connectivity index (χ1n) is 7.01. The standard InChI is InChI=1S/C15H24N2O3/c1-11(2)20-9-5-8-16-13(4)14-7-6-12(3)15(10-14)17(18)19/h6-7,10-11,13,16H,5,8-9H2,1-4H3. The lowest BCUT2D eigenvalue weighted by Gasteiger charge is -2.15. The molecule has 1 atom stereocenters. The van der Waals surface area contributed by atoms with Crippen molar-refractivity contribution in [3.05, 3.63) is 39.4 Å². The Balaban J connectivity index is 2.49. The molecule has 1 aromatic rings. The zero-order valence-electron chi connectivity index (χ0n) is 12.7. The third kappa shape index (κ3) is 5.27. The largest absolute Gasteiger partial charge is 0.379 e. The van der Waals surface area contributed by atoms with Crippen molar-refractivity contribution >= 4 is 5.69 Å². The molecule has 0 aliphatic carbocycles. The van der Waals surface area contributed by atoms with Crippen LogP contribution in [-0.4, -0.2) is 24.2 Å². The number of nitrogens with one attached hydrogen (secondary N) is 1. The maximum Gasteiger partial charge on any atom is 0.272 e. The number of benzene rings is 1. The summed E-state index contributed by atoms with van der Waals surface area (Å²) in [5.41, 5.74) is 1.81. The number of nitro benzene ring substituents is 1. The van der Waals surface area contributed by atoms with E-state index in [0.717, 1.165) is 25.1 Å². The van der Waals surface area contributed by atoms with Gasteiger partial charge in [0.15, 0.2) is 0 Å². The Hall–Kier alpha value is -1.46. The van der Waals surface area contributed by atoms with Crippen LogP contribution in [-0.2, 0) is 4.74 Å². The highest BCUT2D eigenvalue weighted by atomic mass is 16.6. The van der Waals surface area contributed by atoms with Gasteiger partial charge in [-0.25, -0.2) is 0 Å². The zero-order chi connectivity index (χ0) is 15.1. The van der Waals surface area contributed by atoms with Gasteiger partial charge in [-0.3, -0.25) is 10.1 Å². The Morgan fingerprint density at radius 2 is 2.05 bits per heavy atom. The molecule has 5 heteroatoms. The van der Waals surface area contributed by atoms with E-state index < -0.39 is 0 Å². The fourth-order valence-electron chi connectivity index (χ4n) is 1.92. The molecule has 20 heavy (non-hydrogen) atoms. The van der Waals surface area contributed by atoms with E-state index in [1.165, 1.54) is 0 Å². The Bertz CT molecular complexity index is 447. The molecule has 1 aromatic carbocycles. The van der Waals surface area contributed by atoms with Crippen LogP contribution in [0.15, 0.2) is 18.2 Å². The first kappa shape index (κ1) is 16.6. The number of ether oxygens (including phenoxy) is 1. The number of hydrogen-bond donors (Lipinski definition) is 1. The highest BCUT2D eigenvalue weighted by Gasteiger charge is 2.13. The molecule has 0 aromatic heterocycles. The molecule has 1 rings (SSSR count). The smallest absolute Gasteiger partial charge is 0.272 e. The van der Waals surface area contributed by atoms with E-state index in [9.17, 15) is 10.1 Å². The third-order valence-corrected chi connectivity index (χ3v) is 3.15.